The van der Waals surface area contributed by atoms with Crippen molar-refractivity contribution in [3.05, 3.63) is 53.3 Å². The number of benzene rings is 1. The molecule has 0 spiro atoms. The molecule has 9 heteroatoms. The van der Waals surface area contributed by atoms with Crippen LogP contribution in [0.5, 0.6) is 0 Å². The molecule has 1 saturated carbocycles. The van der Waals surface area contributed by atoms with Crippen LogP contribution >= 0.6 is 11.8 Å². The molecule has 1 aliphatic carbocycles. The van der Waals surface area contributed by atoms with Crippen molar-refractivity contribution in [2.24, 2.45) is 0 Å². The van der Waals surface area contributed by atoms with E-state index in [1.807, 2.05) is 38.1 Å². The molecule has 0 bridgehead atoms. The van der Waals surface area contributed by atoms with Gasteiger partial charge in [0.25, 0.3) is 5.95 Å². The van der Waals surface area contributed by atoms with E-state index in [4.69, 9.17) is 5.84 Å². The van der Waals surface area contributed by atoms with Gasteiger partial charge >= 0.3 is 0 Å². The second-order valence-electron chi connectivity index (χ2n) is 7.20. The summed E-state index contributed by atoms with van der Waals surface area (Å²) in [7, 11) is 0. The first-order valence-electron chi connectivity index (χ1n) is 9.18. The van der Waals surface area contributed by atoms with Gasteiger partial charge in [-0.2, -0.15) is 5.10 Å². The largest absolute Gasteiger partial charge is 0.354 e. The van der Waals surface area contributed by atoms with Crippen molar-refractivity contribution in [3.8, 4) is 5.95 Å². The molecular weight excluding hydrogens is 374 g/mol. The van der Waals surface area contributed by atoms with Crippen molar-refractivity contribution in [1.29, 1.82) is 0 Å². The quantitative estimate of drug-likeness (QED) is 0.465. The average molecular weight is 398 g/mol. The molecule has 0 aliphatic heterocycles. The maximum atomic E-state index is 12.3. The summed E-state index contributed by atoms with van der Waals surface area (Å²) >= 11 is 1.26. The first kappa shape index (κ1) is 18.5. The van der Waals surface area contributed by atoms with E-state index in [2.05, 4.69) is 32.7 Å². The van der Waals surface area contributed by atoms with E-state index in [-0.39, 0.29) is 17.1 Å². The third-order valence-electron chi connectivity index (χ3n) is 5.04. The van der Waals surface area contributed by atoms with E-state index in [0.717, 1.165) is 24.2 Å². The third kappa shape index (κ3) is 3.62. The number of nitrogen functional groups attached to an aromatic ring is 1. The first-order valence-corrected chi connectivity index (χ1v) is 10.2. The fourth-order valence-corrected chi connectivity index (χ4v) is 3.98. The van der Waals surface area contributed by atoms with Crippen molar-refractivity contribution in [1.82, 2.24) is 30.0 Å². The lowest BCUT2D eigenvalue weighted by Crippen LogP contribution is -2.33. The Morgan fingerprint density at radius 3 is 2.64 bits per heavy atom. The summed E-state index contributed by atoms with van der Waals surface area (Å²) in [6.07, 6.45) is 2.21. The molecule has 1 aromatic carbocycles. The van der Waals surface area contributed by atoms with E-state index in [1.165, 1.54) is 22.0 Å². The fourth-order valence-electron chi connectivity index (χ4n) is 3.30. The standard InChI is InChI=1S/C19H23N7OS/c1-13-10-14(2)26(24-13)17-22-23-18(25(17)20)28-11-16(27)21-12-19(8-9-19)15-6-4-3-5-7-15/h3-7,10H,8-9,11-12,20H2,1-2H3,(H,21,27). The summed E-state index contributed by atoms with van der Waals surface area (Å²) in [5.74, 6) is 6.73. The van der Waals surface area contributed by atoms with Gasteiger partial charge in [-0.1, -0.05) is 42.1 Å². The summed E-state index contributed by atoms with van der Waals surface area (Å²) in [5.41, 5.74) is 3.18. The van der Waals surface area contributed by atoms with Crippen LogP contribution < -0.4 is 11.2 Å². The SMILES string of the molecule is Cc1cc(C)n(-c2nnc(SCC(=O)NCC3(c4ccccc4)CC3)n2N)n1. The van der Waals surface area contributed by atoms with E-state index < -0.39 is 0 Å². The van der Waals surface area contributed by atoms with Crippen LogP contribution in [0.25, 0.3) is 5.95 Å². The zero-order valence-electron chi connectivity index (χ0n) is 15.9. The number of hydrogen-bond donors (Lipinski definition) is 2. The van der Waals surface area contributed by atoms with Crippen molar-refractivity contribution in [2.45, 2.75) is 37.3 Å². The van der Waals surface area contributed by atoms with Crippen molar-refractivity contribution in [2.75, 3.05) is 18.1 Å². The summed E-state index contributed by atoms with van der Waals surface area (Å²) < 4.78 is 3.01. The van der Waals surface area contributed by atoms with Gasteiger partial charge in [0, 0.05) is 17.7 Å². The number of thioether (sulfide) groups is 1. The van der Waals surface area contributed by atoms with E-state index in [0.29, 0.717) is 17.6 Å². The third-order valence-corrected chi connectivity index (χ3v) is 5.98. The highest BCUT2D eigenvalue weighted by Gasteiger charge is 2.44. The number of aromatic nitrogens is 5. The molecule has 146 valence electrons. The zero-order chi connectivity index (χ0) is 19.7. The van der Waals surface area contributed by atoms with Crippen LogP contribution in [0.1, 0.15) is 29.8 Å². The number of nitrogens with two attached hydrogens (primary N) is 1. The van der Waals surface area contributed by atoms with Crippen LogP contribution in [-0.4, -0.2) is 42.9 Å². The summed E-state index contributed by atoms with van der Waals surface area (Å²) in [4.78, 5) is 12.3. The van der Waals surface area contributed by atoms with Gasteiger partial charge in [0.2, 0.25) is 11.1 Å². The normalized spacial score (nSPS) is 14.8. The van der Waals surface area contributed by atoms with Crippen molar-refractivity contribution in [3.63, 3.8) is 0 Å². The van der Waals surface area contributed by atoms with Crippen molar-refractivity contribution >= 4 is 17.7 Å². The topological polar surface area (TPSA) is 104 Å². The molecule has 8 nitrogen and oxygen atoms in total. The minimum Gasteiger partial charge on any atom is -0.354 e. The van der Waals surface area contributed by atoms with Crippen LogP contribution in [0.3, 0.4) is 0 Å². The average Bonchev–Trinajstić information content (AvgIpc) is 3.30. The van der Waals surface area contributed by atoms with Gasteiger partial charge < -0.3 is 11.2 Å². The number of hydrogen-bond acceptors (Lipinski definition) is 6. The lowest BCUT2D eigenvalue weighted by atomic mass is 9.96. The Labute approximate surface area is 167 Å². The van der Waals surface area contributed by atoms with Crippen LogP contribution in [-0.2, 0) is 10.2 Å². The molecule has 1 aliphatic rings. The van der Waals surface area contributed by atoms with Gasteiger partial charge in [0.15, 0.2) is 0 Å². The number of rotatable bonds is 7. The van der Waals surface area contributed by atoms with Gasteiger partial charge in [-0.05, 0) is 38.3 Å². The smallest absolute Gasteiger partial charge is 0.271 e. The number of nitrogens with one attached hydrogen (secondary N) is 1. The van der Waals surface area contributed by atoms with Crippen LogP contribution in [0, 0.1) is 13.8 Å². The summed E-state index contributed by atoms with van der Waals surface area (Å²) in [6, 6.07) is 12.3. The molecule has 28 heavy (non-hydrogen) atoms. The Hall–Kier alpha value is -2.81. The summed E-state index contributed by atoms with van der Waals surface area (Å²) in [5, 5.41) is 16.1. The molecule has 0 radical (unpaired) electrons. The van der Waals surface area contributed by atoms with Gasteiger partial charge in [-0.3, -0.25) is 4.79 Å². The highest BCUT2D eigenvalue weighted by atomic mass is 32.2. The van der Waals surface area contributed by atoms with Crippen LogP contribution in [0.2, 0.25) is 0 Å². The molecule has 0 unspecified atom stereocenters. The predicted octanol–water partition coefficient (Wildman–Crippen LogP) is 1.73. The lowest BCUT2D eigenvalue weighted by molar-refractivity contribution is -0.118. The predicted molar refractivity (Wildman–Crippen MR) is 108 cm³/mol. The molecule has 0 atom stereocenters. The maximum absolute atomic E-state index is 12.3. The number of nitrogens with zero attached hydrogens (tertiary/aromatic N) is 5. The van der Waals surface area contributed by atoms with E-state index in [1.54, 1.807) is 4.68 Å². The highest BCUT2D eigenvalue weighted by Crippen LogP contribution is 2.47. The minimum absolute atomic E-state index is 0.0390. The summed E-state index contributed by atoms with van der Waals surface area (Å²) in [6.45, 7) is 4.49. The molecule has 1 fully saturated rings. The Morgan fingerprint density at radius 1 is 1.25 bits per heavy atom. The molecule has 4 rings (SSSR count). The fraction of sp³-hybridized carbons (Fsp3) is 0.368. The van der Waals surface area contributed by atoms with Gasteiger partial charge in [-0.15, -0.1) is 10.2 Å². The van der Waals surface area contributed by atoms with Crippen LogP contribution in [0.4, 0.5) is 0 Å². The Bertz CT molecular complexity index is 991. The number of amides is 1. The monoisotopic (exact) mass is 397 g/mol. The van der Waals surface area contributed by atoms with Crippen molar-refractivity contribution < 1.29 is 4.79 Å². The number of carbonyl (C=O) groups is 1. The molecule has 2 heterocycles. The zero-order valence-corrected chi connectivity index (χ0v) is 16.7. The Kier molecular flexibility index (Phi) is 4.84. The van der Waals surface area contributed by atoms with Gasteiger partial charge in [0.05, 0.1) is 11.4 Å². The molecule has 2 aromatic heterocycles. The lowest BCUT2D eigenvalue weighted by Gasteiger charge is -2.16. The molecule has 3 aromatic rings. The molecular formula is C19H23N7OS. The first-order chi connectivity index (χ1) is 13.5. The minimum atomic E-state index is -0.0390. The molecule has 0 saturated heterocycles. The Balaban J connectivity index is 1.34. The maximum Gasteiger partial charge on any atom is 0.271 e. The van der Waals surface area contributed by atoms with Gasteiger partial charge in [-0.25, -0.2) is 9.36 Å². The van der Waals surface area contributed by atoms with E-state index >= 15 is 0 Å². The number of aryl methyl sites for hydroxylation is 2. The highest BCUT2D eigenvalue weighted by molar-refractivity contribution is 7.99. The van der Waals surface area contributed by atoms with Crippen LogP contribution in [0.15, 0.2) is 41.6 Å². The molecule has 3 N–H and O–H groups in total. The second-order valence-corrected chi connectivity index (χ2v) is 8.15. The molecule has 1 amide bonds. The van der Waals surface area contributed by atoms with E-state index in [9.17, 15) is 4.79 Å². The second kappa shape index (κ2) is 7.31. The number of carbonyl (C=O) groups excluding carboxylic acids is 1. The Morgan fingerprint density at radius 2 is 2.00 bits per heavy atom. The van der Waals surface area contributed by atoms with Gasteiger partial charge in [0.1, 0.15) is 0 Å².